The summed E-state index contributed by atoms with van der Waals surface area (Å²) in [5.74, 6) is -0.407. The number of hydrogen-bond acceptors (Lipinski definition) is 4. The highest BCUT2D eigenvalue weighted by molar-refractivity contribution is 5.95. The molecule has 5 nitrogen and oxygen atoms in total. The second-order valence-corrected chi connectivity index (χ2v) is 5.49. The number of pyridine rings is 1. The van der Waals surface area contributed by atoms with Crippen molar-refractivity contribution in [2.24, 2.45) is 0 Å². The number of rotatable bonds is 2. The van der Waals surface area contributed by atoms with Crippen molar-refractivity contribution in [3.05, 3.63) is 29.6 Å². The van der Waals surface area contributed by atoms with Gasteiger partial charge in [-0.3, -0.25) is 9.78 Å². The van der Waals surface area contributed by atoms with E-state index in [1.807, 2.05) is 13.0 Å². The Morgan fingerprint density at radius 2 is 2.05 bits per heavy atom. The lowest BCUT2D eigenvalue weighted by molar-refractivity contribution is -0.179. The highest BCUT2D eigenvalue weighted by Gasteiger charge is 2.40. The van der Waals surface area contributed by atoms with Crippen molar-refractivity contribution >= 4 is 5.91 Å². The summed E-state index contributed by atoms with van der Waals surface area (Å²) in [6.07, 6.45) is 5.19. The molecule has 1 aliphatic heterocycles. The molecule has 3 rings (SSSR count). The van der Waals surface area contributed by atoms with Gasteiger partial charge in [0.1, 0.15) is 0 Å². The fraction of sp³-hybridized carbons (Fsp3) is 0.600. The molecule has 1 spiro atoms. The van der Waals surface area contributed by atoms with Gasteiger partial charge in [0.15, 0.2) is 5.79 Å². The smallest absolute Gasteiger partial charge is 0.253 e. The molecule has 0 bridgehead atoms. The van der Waals surface area contributed by atoms with E-state index in [4.69, 9.17) is 9.47 Å². The fourth-order valence-corrected chi connectivity index (χ4v) is 2.98. The third kappa shape index (κ3) is 2.69. The lowest BCUT2D eigenvalue weighted by atomic mass is 9.90. The highest BCUT2D eigenvalue weighted by atomic mass is 16.7. The molecule has 20 heavy (non-hydrogen) atoms. The second-order valence-electron chi connectivity index (χ2n) is 5.49. The van der Waals surface area contributed by atoms with Gasteiger partial charge in [-0.15, -0.1) is 0 Å². The van der Waals surface area contributed by atoms with E-state index in [0.717, 1.165) is 31.4 Å². The minimum Gasteiger partial charge on any atom is -0.349 e. The zero-order chi connectivity index (χ0) is 14.0. The Balaban J connectivity index is 1.57. The summed E-state index contributed by atoms with van der Waals surface area (Å²) in [6.45, 7) is 3.22. The fourth-order valence-electron chi connectivity index (χ4n) is 2.98. The van der Waals surface area contributed by atoms with Crippen molar-refractivity contribution in [2.45, 2.75) is 44.4 Å². The first kappa shape index (κ1) is 13.5. The average molecular weight is 276 g/mol. The first-order chi connectivity index (χ1) is 9.69. The van der Waals surface area contributed by atoms with E-state index in [0.29, 0.717) is 18.8 Å². The largest absolute Gasteiger partial charge is 0.349 e. The SMILES string of the molecule is Cc1ncccc1C(=O)NC1CCC2(CC1)OCCO2. The lowest BCUT2D eigenvalue weighted by Crippen LogP contribution is -2.44. The number of hydrogen-bond donors (Lipinski definition) is 1. The molecule has 0 unspecified atom stereocenters. The van der Waals surface area contributed by atoms with Gasteiger partial charge >= 0.3 is 0 Å². The van der Waals surface area contributed by atoms with Gasteiger partial charge in [-0.05, 0) is 31.9 Å². The molecular weight excluding hydrogens is 256 g/mol. The van der Waals surface area contributed by atoms with E-state index in [9.17, 15) is 4.79 Å². The van der Waals surface area contributed by atoms with Crippen LogP contribution in [0.15, 0.2) is 18.3 Å². The van der Waals surface area contributed by atoms with Crippen LogP contribution < -0.4 is 5.32 Å². The van der Waals surface area contributed by atoms with Crippen LogP contribution in [-0.2, 0) is 9.47 Å². The van der Waals surface area contributed by atoms with Gasteiger partial charge in [0.2, 0.25) is 0 Å². The summed E-state index contributed by atoms with van der Waals surface area (Å²) in [5, 5.41) is 3.09. The number of carbonyl (C=O) groups excluding carboxylic acids is 1. The van der Waals surface area contributed by atoms with Gasteiger partial charge < -0.3 is 14.8 Å². The molecule has 1 saturated carbocycles. The molecule has 0 atom stereocenters. The van der Waals surface area contributed by atoms with Crippen LogP contribution in [0.2, 0.25) is 0 Å². The van der Waals surface area contributed by atoms with E-state index in [2.05, 4.69) is 10.3 Å². The maximum atomic E-state index is 12.2. The second kappa shape index (κ2) is 5.50. The standard InChI is InChI=1S/C15H20N2O3/c1-11-13(3-2-8-16-11)14(18)17-12-4-6-15(7-5-12)19-9-10-20-15/h2-3,8,12H,4-7,9-10H2,1H3,(H,17,18). The summed E-state index contributed by atoms with van der Waals surface area (Å²) in [4.78, 5) is 16.4. The molecule has 5 heteroatoms. The first-order valence-corrected chi connectivity index (χ1v) is 7.19. The molecule has 0 radical (unpaired) electrons. The molecule has 1 saturated heterocycles. The molecule has 2 fully saturated rings. The van der Waals surface area contributed by atoms with E-state index in [1.54, 1.807) is 12.3 Å². The van der Waals surface area contributed by atoms with Crippen LogP contribution in [0.25, 0.3) is 0 Å². The zero-order valence-electron chi connectivity index (χ0n) is 11.7. The van der Waals surface area contributed by atoms with Crippen LogP contribution in [0.3, 0.4) is 0 Å². The Morgan fingerprint density at radius 1 is 1.35 bits per heavy atom. The summed E-state index contributed by atoms with van der Waals surface area (Å²) < 4.78 is 11.4. The van der Waals surface area contributed by atoms with Crippen molar-refractivity contribution in [3.8, 4) is 0 Å². The van der Waals surface area contributed by atoms with Gasteiger partial charge in [-0.2, -0.15) is 0 Å². The maximum absolute atomic E-state index is 12.2. The minimum absolute atomic E-state index is 0.0372. The van der Waals surface area contributed by atoms with Gasteiger partial charge in [0, 0.05) is 30.8 Å². The minimum atomic E-state index is -0.370. The molecule has 108 valence electrons. The molecular formula is C15H20N2O3. The van der Waals surface area contributed by atoms with Crippen LogP contribution >= 0.6 is 0 Å². The van der Waals surface area contributed by atoms with Gasteiger partial charge in [-0.25, -0.2) is 0 Å². The van der Waals surface area contributed by atoms with Crippen molar-refractivity contribution in [3.63, 3.8) is 0 Å². The predicted octanol–water partition coefficient (Wildman–Crippen LogP) is 1.81. The molecule has 2 aliphatic rings. The Kier molecular flexibility index (Phi) is 3.72. The van der Waals surface area contributed by atoms with E-state index >= 15 is 0 Å². The number of nitrogens with one attached hydrogen (secondary N) is 1. The Hall–Kier alpha value is -1.46. The first-order valence-electron chi connectivity index (χ1n) is 7.19. The number of aromatic nitrogens is 1. The summed E-state index contributed by atoms with van der Waals surface area (Å²) in [5.41, 5.74) is 1.42. The van der Waals surface area contributed by atoms with Crippen LogP contribution in [0.5, 0.6) is 0 Å². The monoisotopic (exact) mass is 276 g/mol. The molecule has 1 aromatic rings. The Labute approximate surface area is 118 Å². The number of nitrogens with zero attached hydrogens (tertiary/aromatic N) is 1. The lowest BCUT2D eigenvalue weighted by Gasteiger charge is -2.35. The molecule has 0 aromatic carbocycles. The van der Waals surface area contributed by atoms with Crippen molar-refractivity contribution < 1.29 is 14.3 Å². The summed E-state index contributed by atoms with van der Waals surface area (Å²) in [7, 11) is 0. The van der Waals surface area contributed by atoms with Gasteiger partial charge in [0.05, 0.1) is 18.8 Å². The summed E-state index contributed by atoms with van der Waals surface area (Å²) >= 11 is 0. The number of amides is 1. The molecule has 1 amide bonds. The van der Waals surface area contributed by atoms with Crippen LogP contribution in [0.4, 0.5) is 0 Å². The third-order valence-corrected chi connectivity index (χ3v) is 4.15. The maximum Gasteiger partial charge on any atom is 0.253 e. The van der Waals surface area contributed by atoms with Crippen LogP contribution in [0, 0.1) is 6.92 Å². The number of aryl methyl sites for hydroxylation is 1. The Morgan fingerprint density at radius 3 is 2.70 bits per heavy atom. The quantitative estimate of drug-likeness (QED) is 0.895. The summed E-state index contributed by atoms with van der Waals surface area (Å²) in [6, 6.07) is 3.80. The van der Waals surface area contributed by atoms with Crippen molar-refractivity contribution in [1.82, 2.24) is 10.3 Å². The zero-order valence-corrected chi connectivity index (χ0v) is 11.7. The molecule has 2 heterocycles. The van der Waals surface area contributed by atoms with E-state index in [1.165, 1.54) is 0 Å². The van der Waals surface area contributed by atoms with E-state index < -0.39 is 0 Å². The van der Waals surface area contributed by atoms with Crippen molar-refractivity contribution in [2.75, 3.05) is 13.2 Å². The third-order valence-electron chi connectivity index (χ3n) is 4.15. The van der Waals surface area contributed by atoms with E-state index in [-0.39, 0.29) is 17.7 Å². The van der Waals surface area contributed by atoms with Crippen LogP contribution in [0.1, 0.15) is 41.7 Å². The van der Waals surface area contributed by atoms with Gasteiger partial charge in [-0.1, -0.05) is 0 Å². The number of carbonyl (C=O) groups is 1. The van der Waals surface area contributed by atoms with Gasteiger partial charge in [0.25, 0.3) is 5.91 Å². The predicted molar refractivity (Wildman–Crippen MR) is 73.3 cm³/mol. The molecule has 1 N–H and O–H groups in total. The number of ether oxygens (including phenoxy) is 2. The Bertz CT molecular complexity index is 488. The highest BCUT2D eigenvalue weighted by Crippen LogP contribution is 2.35. The van der Waals surface area contributed by atoms with Crippen molar-refractivity contribution in [1.29, 1.82) is 0 Å². The topological polar surface area (TPSA) is 60.5 Å². The average Bonchev–Trinajstić information content (AvgIpc) is 2.90. The normalized spacial score (nSPS) is 22.1. The van der Waals surface area contributed by atoms with Crippen LogP contribution in [-0.4, -0.2) is 35.9 Å². The molecule has 1 aliphatic carbocycles. The molecule has 1 aromatic heterocycles.